The molecule has 0 fully saturated rings. The second-order valence-electron chi connectivity index (χ2n) is 4.71. The molecule has 1 N–H and O–H groups in total. The molecule has 0 heterocycles. The fraction of sp³-hybridized carbons (Fsp3) is 0.0588. The zero-order valence-corrected chi connectivity index (χ0v) is 13.3. The number of carboxylic acids is 1. The Kier molecular flexibility index (Phi) is 5.04. The molecule has 6 heteroatoms. The lowest BCUT2D eigenvalue weighted by Gasteiger charge is -2.07. The molecule has 0 aliphatic carbocycles. The summed E-state index contributed by atoms with van der Waals surface area (Å²) in [7, 11) is 0. The monoisotopic (exact) mass is 371 g/mol. The number of halogens is 1. The van der Waals surface area contributed by atoms with Gasteiger partial charge in [0.1, 0.15) is 0 Å². The number of carbonyl (C=O) groups excluding carboxylic acids is 2. The van der Waals surface area contributed by atoms with Crippen LogP contribution in [0.15, 0.2) is 46.9 Å². The van der Waals surface area contributed by atoms with Gasteiger partial charge in [0.05, 0.1) is 18.1 Å². The van der Waals surface area contributed by atoms with Crippen molar-refractivity contribution in [3.05, 3.63) is 58.1 Å². The average Bonchev–Trinajstić information content (AvgIpc) is 2.54. The summed E-state index contributed by atoms with van der Waals surface area (Å²) < 4.78 is 0.782. The average molecular weight is 372 g/mol. The van der Waals surface area contributed by atoms with E-state index in [1.807, 2.05) is 0 Å². The number of carbonyl (C=O) groups is 3. The normalized spacial score (nSPS) is 9.91. The minimum Gasteiger partial charge on any atom is -0.475 e. The van der Waals surface area contributed by atoms with Crippen molar-refractivity contribution in [3.8, 4) is 17.2 Å². The fourth-order valence-corrected chi connectivity index (χ4v) is 2.40. The van der Waals surface area contributed by atoms with Crippen molar-refractivity contribution < 1.29 is 19.5 Å². The largest absolute Gasteiger partial charge is 0.475 e. The maximum absolute atomic E-state index is 12.0. The topological polar surface area (TPSA) is 95.2 Å². The summed E-state index contributed by atoms with van der Waals surface area (Å²) in [6.07, 6.45) is -0.692. The number of nitriles is 1. The number of carboxylic acid groups (broad SMARTS) is 1. The summed E-state index contributed by atoms with van der Waals surface area (Å²) in [6.45, 7) is 0. The van der Waals surface area contributed by atoms with Gasteiger partial charge in [0.25, 0.3) is 0 Å². The molecule has 0 bridgehead atoms. The van der Waals surface area contributed by atoms with Gasteiger partial charge in [-0.3, -0.25) is 9.59 Å². The van der Waals surface area contributed by atoms with Gasteiger partial charge in [-0.1, -0.05) is 34.1 Å². The van der Waals surface area contributed by atoms with Crippen LogP contribution in [0, 0.1) is 11.3 Å². The second kappa shape index (κ2) is 6.99. The molecule has 5 nitrogen and oxygen atoms in total. The van der Waals surface area contributed by atoms with Gasteiger partial charge >= 0.3 is 5.97 Å². The van der Waals surface area contributed by atoms with E-state index in [1.54, 1.807) is 36.4 Å². The third-order valence-corrected chi connectivity index (χ3v) is 3.65. The molecular formula is C17H10BrNO4. The maximum Gasteiger partial charge on any atom is 0.372 e. The van der Waals surface area contributed by atoms with Crippen LogP contribution in [0.4, 0.5) is 0 Å². The van der Waals surface area contributed by atoms with Crippen molar-refractivity contribution >= 4 is 33.5 Å². The molecule has 0 amide bonds. The van der Waals surface area contributed by atoms with Gasteiger partial charge in [0.2, 0.25) is 5.78 Å². The number of aliphatic carboxylic acids is 1. The predicted molar refractivity (Wildman–Crippen MR) is 85.9 cm³/mol. The molecule has 0 aliphatic heterocycles. The number of benzene rings is 2. The van der Waals surface area contributed by atoms with Gasteiger partial charge in [-0.15, -0.1) is 0 Å². The Labute approximate surface area is 140 Å². The van der Waals surface area contributed by atoms with Crippen molar-refractivity contribution in [2.75, 3.05) is 0 Å². The molecule has 0 aromatic heterocycles. The summed E-state index contributed by atoms with van der Waals surface area (Å²) >= 11 is 3.33. The summed E-state index contributed by atoms with van der Waals surface area (Å²) in [5, 5.41) is 17.8. The molecular weight excluding hydrogens is 362 g/mol. The lowest BCUT2D eigenvalue weighted by molar-refractivity contribution is -0.148. The first-order valence-corrected chi connectivity index (χ1v) is 7.31. The highest BCUT2D eigenvalue weighted by molar-refractivity contribution is 9.10. The smallest absolute Gasteiger partial charge is 0.372 e. The van der Waals surface area contributed by atoms with E-state index in [-0.39, 0.29) is 5.56 Å². The van der Waals surface area contributed by atoms with Gasteiger partial charge in [-0.2, -0.15) is 5.26 Å². The summed E-state index contributed by atoms with van der Waals surface area (Å²) in [4.78, 5) is 33.7. The van der Waals surface area contributed by atoms with Crippen molar-refractivity contribution in [2.45, 2.75) is 6.42 Å². The Morgan fingerprint density at radius 2 is 1.87 bits per heavy atom. The minimum atomic E-state index is -1.63. The van der Waals surface area contributed by atoms with Crippen LogP contribution in [-0.2, 0) is 9.59 Å². The number of ketones is 2. The lowest BCUT2D eigenvalue weighted by Crippen LogP contribution is -2.17. The third kappa shape index (κ3) is 3.90. The molecule has 0 saturated heterocycles. The Balaban J connectivity index is 2.40. The van der Waals surface area contributed by atoms with E-state index in [2.05, 4.69) is 22.0 Å². The molecule has 2 aromatic rings. The number of hydrogen-bond donors (Lipinski definition) is 1. The van der Waals surface area contributed by atoms with E-state index in [0.29, 0.717) is 16.7 Å². The Morgan fingerprint density at radius 1 is 1.13 bits per heavy atom. The molecule has 2 aromatic carbocycles. The van der Waals surface area contributed by atoms with Crippen LogP contribution in [0.25, 0.3) is 11.1 Å². The fourth-order valence-electron chi connectivity index (χ4n) is 2.04. The minimum absolute atomic E-state index is 0.223. The lowest BCUT2D eigenvalue weighted by atomic mass is 9.96. The highest BCUT2D eigenvalue weighted by Crippen LogP contribution is 2.27. The van der Waals surface area contributed by atoms with E-state index in [4.69, 9.17) is 5.11 Å². The first kappa shape index (κ1) is 16.6. The molecule has 0 radical (unpaired) electrons. The highest BCUT2D eigenvalue weighted by atomic mass is 79.9. The molecule has 0 atom stereocenters. The first-order chi connectivity index (χ1) is 10.9. The summed E-state index contributed by atoms with van der Waals surface area (Å²) in [6, 6.07) is 13.6. The third-order valence-electron chi connectivity index (χ3n) is 3.16. The van der Waals surface area contributed by atoms with Gasteiger partial charge in [-0.25, -0.2) is 4.79 Å². The Bertz CT molecular complexity index is 852. The molecule has 23 heavy (non-hydrogen) atoms. The second-order valence-corrected chi connectivity index (χ2v) is 5.63. The molecule has 0 unspecified atom stereocenters. The number of nitrogens with zero attached hydrogens (tertiary/aromatic N) is 1. The van der Waals surface area contributed by atoms with Crippen LogP contribution >= 0.6 is 15.9 Å². The van der Waals surface area contributed by atoms with Crippen LogP contribution in [0.1, 0.15) is 22.3 Å². The van der Waals surface area contributed by atoms with Crippen LogP contribution < -0.4 is 0 Å². The van der Waals surface area contributed by atoms with E-state index in [0.717, 1.165) is 4.47 Å². The SMILES string of the molecule is N#Cc1ccc(Br)cc1-c1cccc(C(=O)CC(=O)C(=O)O)c1. The van der Waals surface area contributed by atoms with E-state index in [1.165, 1.54) is 6.07 Å². The number of Topliss-reactive ketones (excluding diaryl/α,β-unsaturated/α-hetero) is 2. The zero-order valence-electron chi connectivity index (χ0n) is 11.7. The standard InChI is InChI=1S/C17H10BrNO4/c18-13-5-4-12(9-19)14(7-13)10-2-1-3-11(6-10)15(20)8-16(21)17(22)23/h1-7H,8H2,(H,22,23). The van der Waals surface area contributed by atoms with Crippen molar-refractivity contribution in [2.24, 2.45) is 0 Å². The van der Waals surface area contributed by atoms with E-state index in [9.17, 15) is 19.6 Å². The first-order valence-electron chi connectivity index (χ1n) is 6.52. The van der Waals surface area contributed by atoms with Gasteiger partial charge < -0.3 is 5.11 Å². The quantitative estimate of drug-likeness (QED) is 0.494. The van der Waals surface area contributed by atoms with Gasteiger partial charge in [-0.05, 0) is 29.8 Å². The number of hydrogen-bond acceptors (Lipinski definition) is 4. The van der Waals surface area contributed by atoms with Crippen molar-refractivity contribution in [1.82, 2.24) is 0 Å². The highest BCUT2D eigenvalue weighted by Gasteiger charge is 2.18. The molecule has 0 aliphatic rings. The van der Waals surface area contributed by atoms with Crippen LogP contribution in [0.2, 0.25) is 0 Å². The van der Waals surface area contributed by atoms with Crippen molar-refractivity contribution in [1.29, 1.82) is 5.26 Å². The van der Waals surface area contributed by atoms with Crippen LogP contribution in [0.3, 0.4) is 0 Å². The van der Waals surface area contributed by atoms with Crippen molar-refractivity contribution in [3.63, 3.8) is 0 Å². The summed E-state index contributed by atoms with van der Waals surface area (Å²) in [5.41, 5.74) is 1.94. The van der Waals surface area contributed by atoms with Crippen LogP contribution in [0.5, 0.6) is 0 Å². The maximum atomic E-state index is 12.0. The number of rotatable bonds is 5. The molecule has 0 saturated carbocycles. The van der Waals surface area contributed by atoms with E-state index < -0.39 is 24.0 Å². The summed E-state index contributed by atoms with van der Waals surface area (Å²) in [5.74, 6) is -3.36. The van der Waals surface area contributed by atoms with E-state index >= 15 is 0 Å². The van der Waals surface area contributed by atoms with Crippen LogP contribution in [-0.4, -0.2) is 22.6 Å². The predicted octanol–water partition coefficient (Wildman–Crippen LogP) is 3.21. The molecule has 0 spiro atoms. The Hall–Kier alpha value is -2.78. The zero-order chi connectivity index (χ0) is 17.0. The molecule has 2 rings (SSSR count). The Morgan fingerprint density at radius 3 is 2.52 bits per heavy atom. The van der Waals surface area contributed by atoms with Gasteiger partial charge in [0, 0.05) is 15.6 Å². The molecule has 114 valence electrons. The van der Waals surface area contributed by atoms with Gasteiger partial charge in [0.15, 0.2) is 5.78 Å².